The summed E-state index contributed by atoms with van der Waals surface area (Å²) in [5.74, 6) is -0.294. The Morgan fingerprint density at radius 2 is 1.52 bits per heavy atom. The van der Waals surface area contributed by atoms with Crippen molar-refractivity contribution in [2.24, 2.45) is 0 Å². The van der Waals surface area contributed by atoms with Gasteiger partial charge in [0.25, 0.3) is 0 Å². The topological polar surface area (TPSA) is 86.8 Å². The molecule has 0 spiro atoms. The van der Waals surface area contributed by atoms with Gasteiger partial charge in [-0.15, -0.1) is 0 Å². The second kappa shape index (κ2) is 15.1. The van der Waals surface area contributed by atoms with Crippen molar-refractivity contribution in [1.82, 2.24) is 14.5 Å². The zero-order valence-electron chi connectivity index (χ0n) is 24.7. The Morgan fingerprint density at radius 1 is 0.881 bits per heavy atom. The van der Waals surface area contributed by atoms with Crippen molar-refractivity contribution in [1.29, 1.82) is 0 Å². The Kier molecular flexibility index (Phi) is 11.3. The molecule has 3 aromatic rings. The van der Waals surface area contributed by atoms with E-state index in [2.05, 4.69) is 5.32 Å². The summed E-state index contributed by atoms with van der Waals surface area (Å²) < 4.78 is 27.3. The molecule has 0 heterocycles. The molecule has 8 heteroatoms. The van der Waals surface area contributed by atoms with Gasteiger partial charge in [-0.3, -0.25) is 9.59 Å². The highest BCUT2D eigenvalue weighted by atomic mass is 32.2. The van der Waals surface area contributed by atoms with Crippen LogP contribution >= 0.6 is 0 Å². The Bertz CT molecular complexity index is 1410. The summed E-state index contributed by atoms with van der Waals surface area (Å²) in [5.41, 5.74) is 3.02. The number of benzene rings is 3. The van der Waals surface area contributed by atoms with Crippen molar-refractivity contribution in [2.75, 3.05) is 13.6 Å². The van der Waals surface area contributed by atoms with E-state index in [0.29, 0.717) is 19.4 Å². The first-order chi connectivity index (χ1) is 20.2. The fourth-order valence-electron chi connectivity index (χ4n) is 5.59. The van der Waals surface area contributed by atoms with Gasteiger partial charge in [-0.25, -0.2) is 12.7 Å². The molecule has 1 fully saturated rings. The molecule has 42 heavy (non-hydrogen) atoms. The van der Waals surface area contributed by atoms with E-state index in [1.807, 2.05) is 61.5 Å². The average molecular weight is 590 g/mol. The van der Waals surface area contributed by atoms with E-state index in [9.17, 15) is 18.0 Å². The molecular formula is C34H43N3O4S. The molecular weight excluding hydrogens is 546 g/mol. The number of rotatable bonds is 13. The van der Waals surface area contributed by atoms with Crippen LogP contribution in [0.15, 0.2) is 89.8 Å². The Morgan fingerprint density at radius 3 is 2.19 bits per heavy atom. The number of carbonyl (C=O) groups is 2. The maximum atomic E-state index is 13.9. The normalized spacial score (nSPS) is 14.8. The van der Waals surface area contributed by atoms with Crippen LogP contribution in [-0.2, 0) is 32.6 Å². The number of aryl methyl sites for hydroxylation is 1. The minimum Gasteiger partial charge on any atom is -0.352 e. The number of nitrogens with zero attached hydrogens (tertiary/aromatic N) is 2. The monoisotopic (exact) mass is 589 g/mol. The molecule has 0 radical (unpaired) electrons. The first-order valence-corrected chi connectivity index (χ1v) is 16.4. The van der Waals surface area contributed by atoms with Crippen molar-refractivity contribution in [3.8, 4) is 0 Å². The van der Waals surface area contributed by atoms with E-state index in [0.717, 1.165) is 42.4 Å². The molecule has 1 aliphatic carbocycles. The smallest absolute Gasteiger partial charge is 0.243 e. The quantitative estimate of drug-likeness (QED) is 0.286. The third kappa shape index (κ3) is 8.76. The van der Waals surface area contributed by atoms with E-state index < -0.39 is 16.1 Å². The van der Waals surface area contributed by atoms with Crippen LogP contribution in [-0.4, -0.2) is 55.1 Å². The zero-order valence-corrected chi connectivity index (χ0v) is 25.6. The summed E-state index contributed by atoms with van der Waals surface area (Å²) in [5, 5.41) is 3.26. The highest BCUT2D eigenvalue weighted by Crippen LogP contribution is 2.21. The number of amides is 2. The molecule has 0 aliphatic heterocycles. The second-order valence-electron chi connectivity index (χ2n) is 11.3. The van der Waals surface area contributed by atoms with Crippen LogP contribution in [0, 0.1) is 6.92 Å². The number of sulfonamides is 1. The van der Waals surface area contributed by atoms with Crippen molar-refractivity contribution in [3.05, 3.63) is 102 Å². The summed E-state index contributed by atoms with van der Waals surface area (Å²) in [6.45, 7) is 2.50. The van der Waals surface area contributed by atoms with Crippen LogP contribution in [0.1, 0.15) is 61.6 Å². The first-order valence-electron chi connectivity index (χ1n) is 14.9. The average Bonchev–Trinajstić information content (AvgIpc) is 3.00. The zero-order chi connectivity index (χ0) is 30.0. The van der Waals surface area contributed by atoms with Crippen LogP contribution in [0.25, 0.3) is 0 Å². The van der Waals surface area contributed by atoms with Gasteiger partial charge in [0.15, 0.2) is 0 Å². The highest BCUT2D eigenvalue weighted by molar-refractivity contribution is 7.89. The fourth-order valence-corrected chi connectivity index (χ4v) is 6.83. The van der Waals surface area contributed by atoms with Gasteiger partial charge in [0.1, 0.15) is 6.04 Å². The molecule has 1 saturated carbocycles. The van der Waals surface area contributed by atoms with Gasteiger partial charge < -0.3 is 10.2 Å². The minimum atomic E-state index is -3.65. The first kappa shape index (κ1) is 31.4. The number of hydrogen-bond acceptors (Lipinski definition) is 4. The molecule has 224 valence electrons. The molecule has 2 amide bonds. The molecule has 0 aromatic heterocycles. The summed E-state index contributed by atoms with van der Waals surface area (Å²) in [7, 11) is -2.12. The number of nitrogens with one attached hydrogen (secondary N) is 1. The molecule has 7 nitrogen and oxygen atoms in total. The summed E-state index contributed by atoms with van der Waals surface area (Å²) in [6.07, 6.45) is 6.16. The van der Waals surface area contributed by atoms with Gasteiger partial charge in [-0.05, 0) is 49.4 Å². The van der Waals surface area contributed by atoms with Gasteiger partial charge >= 0.3 is 0 Å². The van der Waals surface area contributed by atoms with Gasteiger partial charge in [-0.2, -0.15) is 0 Å². The SMILES string of the molecule is Cc1cccc(CN(C(=O)CCCN(C)S(=O)(=O)c2ccccc2)[C@@H](Cc2ccccc2)C(=O)NC2CCCCC2)c1. The maximum absolute atomic E-state index is 13.9. The van der Waals surface area contributed by atoms with E-state index in [4.69, 9.17) is 0 Å². The van der Waals surface area contributed by atoms with Crippen molar-refractivity contribution < 1.29 is 18.0 Å². The van der Waals surface area contributed by atoms with Crippen molar-refractivity contribution >= 4 is 21.8 Å². The third-order valence-corrected chi connectivity index (χ3v) is 9.84. The maximum Gasteiger partial charge on any atom is 0.243 e. The summed E-state index contributed by atoms with van der Waals surface area (Å²) in [6, 6.07) is 25.5. The fraction of sp³-hybridized carbons (Fsp3) is 0.412. The minimum absolute atomic E-state index is 0.122. The summed E-state index contributed by atoms with van der Waals surface area (Å²) in [4.78, 5) is 29.8. The highest BCUT2D eigenvalue weighted by Gasteiger charge is 2.32. The lowest BCUT2D eigenvalue weighted by atomic mass is 9.94. The Hall–Kier alpha value is -3.49. The van der Waals surface area contributed by atoms with Gasteiger partial charge in [0, 0.05) is 39.0 Å². The largest absolute Gasteiger partial charge is 0.352 e. The van der Waals surface area contributed by atoms with Gasteiger partial charge in [0.2, 0.25) is 21.8 Å². The molecule has 1 N–H and O–H groups in total. The van der Waals surface area contributed by atoms with Crippen molar-refractivity contribution in [3.63, 3.8) is 0 Å². The molecule has 3 aromatic carbocycles. The van der Waals surface area contributed by atoms with E-state index in [1.54, 1.807) is 35.2 Å². The van der Waals surface area contributed by atoms with Crippen LogP contribution in [0.2, 0.25) is 0 Å². The molecule has 0 unspecified atom stereocenters. The van der Waals surface area contributed by atoms with Gasteiger partial charge in [-0.1, -0.05) is 97.6 Å². The molecule has 4 rings (SSSR count). The number of carbonyl (C=O) groups excluding carboxylic acids is 2. The Labute approximate surface area is 251 Å². The van der Waals surface area contributed by atoms with Crippen LogP contribution in [0.5, 0.6) is 0 Å². The van der Waals surface area contributed by atoms with E-state index >= 15 is 0 Å². The van der Waals surface area contributed by atoms with Crippen molar-refractivity contribution in [2.45, 2.75) is 81.8 Å². The molecule has 1 atom stereocenters. The summed E-state index contributed by atoms with van der Waals surface area (Å²) >= 11 is 0. The van der Waals surface area contributed by atoms with Crippen LogP contribution in [0.4, 0.5) is 0 Å². The van der Waals surface area contributed by atoms with E-state index in [1.165, 1.54) is 17.8 Å². The molecule has 0 bridgehead atoms. The van der Waals surface area contributed by atoms with E-state index in [-0.39, 0.29) is 35.7 Å². The second-order valence-corrected chi connectivity index (χ2v) is 13.3. The standard InChI is InChI=1S/C34H43N3O4S/c1-27-14-12-17-29(24-27)26-37(33(38)22-13-23-36(2)42(40,41)31-20-10-5-11-21-31)32(25-28-15-6-3-7-16-28)34(39)35-30-18-8-4-9-19-30/h3,5-7,10-12,14-17,20-21,24,30,32H,4,8-9,13,18-19,22-23,25-26H2,1-2H3,(H,35,39)/t32-/m0/s1. The number of hydrogen-bond donors (Lipinski definition) is 1. The lowest BCUT2D eigenvalue weighted by molar-refractivity contribution is -0.141. The lowest BCUT2D eigenvalue weighted by Gasteiger charge is -2.33. The molecule has 0 saturated heterocycles. The van der Waals surface area contributed by atoms with Crippen LogP contribution < -0.4 is 5.32 Å². The molecule has 1 aliphatic rings. The predicted octanol–water partition coefficient (Wildman–Crippen LogP) is 5.48. The van der Waals surface area contributed by atoms with Crippen LogP contribution in [0.3, 0.4) is 0 Å². The predicted molar refractivity (Wildman–Crippen MR) is 166 cm³/mol. The Balaban J connectivity index is 1.54. The lowest BCUT2D eigenvalue weighted by Crippen LogP contribution is -2.52. The third-order valence-electron chi connectivity index (χ3n) is 7.97. The van der Waals surface area contributed by atoms with Gasteiger partial charge in [0.05, 0.1) is 4.90 Å².